The maximum atomic E-state index is 13.7. The van der Waals surface area contributed by atoms with E-state index in [2.05, 4.69) is 9.68 Å². The topological polar surface area (TPSA) is 83.6 Å². The molecule has 2 heterocycles. The minimum absolute atomic E-state index is 0.00774. The van der Waals surface area contributed by atoms with E-state index in [-0.39, 0.29) is 25.3 Å². The number of amides is 1. The highest BCUT2D eigenvalue weighted by Crippen LogP contribution is 2.26. The molecule has 1 aromatic heterocycles. The highest BCUT2D eigenvalue weighted by Gasteiger charge is 2.46. The molecule has 0 saturated carbocycles. The van der Waals surface area contributed by atoms with Gasteiger partial charge in [0.2, 0.25) is 11.6 Å². The molecule has 1 aromatic rings. The van der Waals surface area contributed by atoms with Gasteiger partial charge in [0.1, 0.15) is 6.26 Å². The van der Waals surface area contributed by atoms with Gasteiger partial charge in [-0.2, -0.15) is 0 Å². The molecule has 1 aliphatic heterocycles. The summed E-state index contributed by atoms with van der Waals surface area (Å²) in [7, 11) is 0. The molecule has 1 aliphatic rings. The van der Waals surface area contributed by atoms with Crippen molar-refractivity contribution in [3.05, 3.63) is 18.0 Å². The van der Waals surface area contributed by atoms with Crippen LogP contribution in [0.4, 0.5) is 4.39 Å². The largest absolute Gasteiger partial charge is 0.479 e. The van der Waals surface area contributed by atoms with Crippen LogP contribution in [-0.2, 0) is 16.0 Å². The second-order valence-electron chi connectivity index (χ2n) is 4.00. The molecule has 0 bridgehead atoms. The summed E-state index contributed by atoms with van der Waals surface area (Å²) in [6.45, 7) is -0.293. The molecular formula is C10H11FN2O4. The zero-order valence-electron chi connectivity index (χ0n) is 8.93. The van der Waals surface area contributed by atoms with Gasteiger partial charge in [0.15, 0.2) is 0 Å². The van der Waals surface area contributed by atoms with Crippen LogP contribution in [0, 0.1) is 0 Å². The number of aromatic nitrogens is 1. The molecule has 2 rings (SSSR count). The molecule has 1 atom stereocenters. The summed E-state index contributed by atoms with van der Waals surface area (Å²) in [5.74, 6) is -1.87. The van der Waals surface area contributed by atoms with Gasteiger partial charge in [0.25, 0.3) is 0 Å². The lowest BCUT2D eigenvalue weighted by atomic mass is 10.1. The number of nitrogens with zero attached hydrogens (tertiary/aromatic N) is 2. The number of carboxylic acid groups (broad SMARTS) is 1. The molecule has 7 heteroatoms. The molecule has 0 spiro atoms. The van der Waals surface area contributed by atoms with Crippen LogP contribution in [0.15, 0.2) is 16.9 Å². The van der Waals surface area contributed by atoms with E-state index < -0.39 is 18.2 Å². The SMILES string of the molecule is O=C(Cc1ccon1)N1CCC(F)(C(=O)O)C1. The van der Waals surface area contributed by atoms with Gasteiger partial charge in [-0.15, -0.1) is 0 Å². The van der Waals surface area contributed by atoms with Crippen LogP contribution in [0.25, 0.3) is 0 Å². The van der Waals surface area contributed by atoms with Gasteiger partial charge in [-0.3, -0.25) is 4.79 Å². The van der Waals surface area contributed by atoms with Gasteiger partial charge in [-0.25, -0.2) is 9.18 Å². The Morgan fingerprint density at radius 1 is 1.65 bits per heavy atom. The molecule has 1 N–H and O–H groups in total. The molecule has 0 aromatic carbocycles. The number of carbonyl (C=O) groups excluding carboxylic acids is 1. The molecule has 1 amide bonds. The van der Waals surface area contributed by atoms with Crippen molar-refractivity contribution in [3.63, 3.8) is 0 Å². The van der Waals surface area contributed by atoms with Gasteiger partial charge in [-0.1, -0.05) is 5.16 Å². The fraction of sp³-hybridized carbons (Fsp3) is 0.500. The Morgan fingerprint density at radius 2 is 2.41 bits per heavy atom. The van der Waals surface area contributed by atoms with Crippen molar-refractivity contribution >= 4 is 11.9 Å². The highest BCUT2D eigenvalue weighted by atomic mass is 19.1. The molecule has 6 nitrogen and oxygen atoms in total. The quantitative estimate of drug-likeness (QED) is 0.820. The number of halogens is 1. The number of likely N-dealkylation sites (tertiary alicyclic amines) is 1. The van der Waals surface area contributed by atoms with E-state index in [1.165, 1.54) is 17.2 Å². The van der Waals surface area contributed by atoms with Crippen molar-refractivity contribution in [1.29, 1.82) is 0 Å². The predicted octanol–water partition coefficient (Wildman–Crippen LogP) is 0.242. The third-order valence-corrected chi connectivity index (χ3v) is 2.78. The first-order valence-corrected chi connectivity index (χ1v) is 5.11. The summed E-state index contributed by atoms with van der Waals surface area (Å²) in [6.07, 6.45) is 1.16. The Kier molecular flexibility index (Phi) is 2.83. The first-order chi connectivity index (χ1) is 8.01. The lowest BCUT2D eigenvalue weighted by molar-refractivity contribution is -0.150. The maximum absolute atomic E-state index is 13.7. The summed E-state index contributed by atoms with van der Waals surface area (Å²) >= 11 is 0. The molecule has 0 radical (unpaired) electrons. The summed E-state index contributed by atoms with van der Waals surface area (Å²) in [6, 6.07) is 1.54. The zero-order chi connectivity index (χ0) is 12.5. The van der Waals surface area contributed by atoms with Crippen molar-refractivity contribution in [1.82, 2.24) is 10.1 Å². The van der Waals surface area contributed by atoms with Crippen LogP contribution < -0.4 is 0 Å². The van der Waals surface area contributed by atoms with E-state index in [9.17, 15) is 14.0 Å². The third-order valence-electron chi connectivity index (χ3n) is 2.78. The number of alkyl halides is 1. The number of rotatable bonds is 3. The monoisotopic (exact) mass is 242 g/mol. The fourth-order valence-electron chi connectivity index (χ4n) is 1.76. The lowest BCUT2D eigenvalue weighted by Crippen LogP contribution is -2.39. The van der Waals surface area contributed by atoms with E-state index in [1.54, 1.807) is 0 Å². The molecule has 92 valence electrons. The zero-order valence-corrected chi connectivity index (χ0v) is 8.93. The Balaban J connectivity index is 1.97. The van der Waals surface area contributed by atoms with Gasteiger partial charge >= 0.3 is 5.97 Å². The Hall–Kier alpha value is -1.92. The number of hydrogen-bond donors (Lipinski definition) is 1. The molecule has 0 aliphatic carbocycles. The minimum atomic E-state index is -2.32. The third kappa shape index (κ3) is 2.27. The van der Waals surface area contributed by atoms with Crippen molar-refractivity contribution in [3.8, 4) is 0 Å². The first-order valence-electron chi connectivity index (χ1n) is 5.11. The Labute approximate surface area is 96.0 Å². The minimum Gasteiger partial charge on any atom is -0.479 e. The van der Waals surface area contributed by atoms with E-state index >= 15 is 0 Å². The first kappa shape index (κ1) is 11.6. The summed E-state index contributed by atoms with van der Waals surface area (Å²) in [4.78, 5) is 23.6. The Morgan fingerprint density at radius 3 is 2.94 bits per heavy atom. The molecule has 1 saturated heterocycles. The van der Waals surface area contributed by atoms with Crippen LogP contribution in [0.5, 0.6) is 0 Å². The average Bonchev–Trinajstić information content (AvgIpc) is 2.88. The lowest BCUT2D eigenvalue weighted by Gasteiger charge is -2.17. The second kappa shape index (κ2) is 4.15. The van der Waals surface area contributed by atoms with Gasteiger partial charge in [0.05, 0.1) is 18.7 Å². The van der Waals surface area contributed by atoms with Crippen molar-refractivity contribution in [2.45, 2.75) is 18.5 Å². The van der Waals surface area contributed by atoms with Crippen LogP contribution in [-0.4, -0.2) is 45.8 Å². The number of carboxylic acids is 1. The normalized spacial score (nSPS) is 23.9. The van der Waals surface area contributed by atoms with Gasteiger partial charge < -0.3 is 14.5 Å². The molecule has 17 heavy (non-hydrogen) atoms. The number of hydrogen-bond acceptors (Lipinski definition) is 4. The van der Waals surface area contributed by atoms with Crippen LogP contribution >= 0.6 is 0 Å². The van der Waals surface area contributed by atoms with Gasteiger partial charge in [-0.05, 0) is 0 Å². The molecule has 1 unspecified atom stereocenters. The highest BCUT2D eigenvalue weighted by molar-refractivity contribution is 5.83. The van der Waals surface area contributed by atoms with Crippen molar-refractivity contribution < 1.29 is 23.6 Å². The fourth-order valence-corrected chi connectivity index (χ4v) is 1.76. The number of carbonyl (C=O) groups is 2. The van der Waals surface area contributed by atoms with Crippen LogP contribution in [0.1, 0.15) is 12.1 Å². The van der Waals surface area contributed by atoms with Crippen LogP contribution in [0.2, 0.25) is 0 Å². The summed E-state index contributed by atoms with van der Waals surface area (Å²) in [5.41, 5.74) is -1.87. The Bertz CT molecular complexity index is 434. The van der Waals surface area contributed by atoms with E-state index in [0.29, 0.717) is 5.69 Å². The van der Waals surface area contributed by atoms with E-state index in [0.717, 1.165) is 0 Å². The average molecular weight is 242 g/mol. The molecule has 1 fully saturated rings. The van der Waals surface area contributed by atoms with Gasteiger partial charge in [0, 0.05) is 19.0 Å². The van der Waals surface area contributed by atoms with Crippen LogP contribution in [0.3, 0.4) is 0 Å². The second-order valence-corrected chi connectivity index (χ2v) is 4.00. The predicted molar refractivity (Wildman–Crippen MR) is 52.9 cm³/mol. The summed E-state index contributed by atoms with van der Waals surface area (Å²) < 4.78 is 18.3. The summed E-state index contributed by atoms with van der Waals surface area (Å²) in [5, 5.41) is 12.3. The standard InChI is InChI=1S/C10H11FN2O4/c11-10(9(15)16)2-3-13(6-10)8(14)5-7-1-4-17-12-7/h1,4H,2-3,5-6H2,(H,15,16). The van der Waals surface area contributed by atoms with Crippen molar-refractivity contribution in [2.24, 2.45) is 0 Å². The molecular weight excluding hydrogens is 231 g/mol. The number of aliphatic carboxylic acids is 1. The van der Waals surface area contributed by atoms with E-state index in [1.807, 2.05) is 0 Å². The van der Waals surface area contributed by atoms with Crippen molar-refractivity contribution in [2.75, 3.05) is 13.1 Å². The maximum Gasteiger partial charge on any atom is 0.343 e. The van der Waals surface area contributed by atoms with E-state index in [4.69, 9.17) is 5.11 Å². The smallest absolute Gasteiger partial charge is 0.343 e.